The molecule has 0 amide bonds. The zero-order valence-corrected chi connectivity index (χ0v) is 18.2. The van der Waals surface area contributed by atoms with Gasteiger partial charge in [-0.25, -0.2) is 0 Å². The topological polar surface area (TPSA) is 48.9 Å². The van der Waals surface area contributed by atoms with Crippen LogP contribution in [0, 0.1) is 0 Å². The van der Waals surface area contributed by atoms with E-state index in [-0.39, 0.29) is 30.0 Å². The molecular weight excluding hydrogens is 451 g/mol. The van der Waals surface area contributed by atoms with E-state index in [4.69, 9.17) is 21.3 Å². The van der Waals surface area contributed by atoms with Crippen molar-refractivity contribution in [3.63, 3.8) is 0 Å². The minimum Gasteiger partial charge on any atom is -0.383 e. The molecule has 0 aliphatic carbocycles. The molecule has 142 valence electrons. The third-order valence-electron chi connectivity index (χ3n) is 4.18. The van der Waals surface area contributed by atoms with E-state index >= 15 is 0 Å². The van der Waals surface area contributed by atoms with Crippen LogP contribution < -0.4 is 10.6 Å². The Morgan fingerprint density at radius 2 is 2.08 bits per heavy atom. The smallest absolute Gasteiger partial charge is 0.191 e. The van der Waals surface area contributed by atoms with Crippen molar-refractivity contribution in [1.29, 1.82) is 0 Å². The molecule has 1 aliphatic rings. The highest BCUT2D eigenvalue weighted by Gasteiger charge is 2.23. The van der Waals surface area contributed by atoms with Gasteiger partial charge in [-0.1, -0.05) is 23.7 Å². The van der Waals surface area contributed by atoms with Crippen molar-refractivity contribution in [3.8, 4) is 0 Å². The molecule has 0 bridgehead atoms. The van der Waals surface area contributed by atoms with Crippen molar-refractivity contribution in [2.45, 2.75) is 25.8 Å². The fourth-order valence-corrected chi connectivity index (χ4v) is 3.19. The summed E-state index contributed by atoms with van der Waals surface area (Å²) in [5.41, 5.74) is 1.24. The predicted octanol–water partition coefficient (Wildman–Crippen LogP) is 3.30. The van der Waals surface area contributed by atoms with Crippen molar-refractivity contribution in [3.05, 3.63) is 34.9 Å². The molecule has 5 nitrogen and oxygen atoms in total. The minimum atomic E-state index is 0. The SMILES string of the molecule is CCNC(=NCC(c1cccc(Cl)c1)N1CCCC1)NCCOC.I. The second-order valence-corrected chi connectivity index (χ2v) is 6.39. The molecule has 1 aliphatic heterocycles. The van der Waals surface area contributed by atoms with Gasteiger partial charge in [-0.05, 0) is 50.6 Å². The Morgan fingerprint density at radius 3 is 2.72 bits per heavy atom. The molecule has 1 atom stereocenters. The zero-order valence-electron chi connectivity index (χ0n) is 15.1. The minimum absolute atomic E-state index is 0. The summed E-state index contributed by atoms with van der Waals surface area (Å²) in [6.07, 6.45) is 2.51. The van der Waals surface area contributed by atoms with E-state index in [1.807, 2.05) is 12.1 Å². The first-order valence-electron chi connectivity index (χ1n) is 8.75. The Kier molecular flexibility index (Phi) is 11.4. The van der Waals surface area contributed by atoms with E-state index in [0.717, 1.165) is 37.2 Å². The van der Waals surface area contributed by atoms with E-state index in [1.54, 1.807) is 7.11 Å². The fourth-order valence-electron chi connectivity index (χ4n) is 2.99. The first-order chi connectivity index (χ1) is 11.7. The first-order valence-corrected chi connectivity index (χ1v) is 9.13. The molecule has 0 saturated carbocycles. The lowest BCUT2D eigenvalue weighted by Crippen LogP contribution is -2.39. The highest BCUT2D eigenvalue weighted by atomic mass is 127. The van der Waals surface area contributed by atoms with E-state index in [0.29, 0.717) is 13.2 Å². The van der Waals surface area contributed by atoms with Gasteiger partial charge in [0.05, 0.1) is 19.2 Å². The molecule has 2 N–H and O–H groups in total. The highest BCUT2D eigenvalue weighted by molar-refractivity contribution is 14.0. The number of benzene rings is 1. The number of nitrogens with one attached hydrogen (secondary N) is 2. The van der Waals surface area contributed by atoms with Crippen LogP contribution in [0.25, 0.3) is 0 Å². The molecule has 0 spiro atoms. The summed E-state index contributed by atoms with van der Waals surface area (Å²) in [6, 6.07) is 8.42. The van der Waals surface area contributed by atoms with Crippen LogP contribution in [-0.4, -0.2) is 57.3 Å². The van der Waals surface area contributed by atoms with Gasteiger partial charge in [-0.15, -0.1) is 24.0 Å². The summed E-state index contributed by atoms with van der Waals surface area (Å²) < 4.78 is 5.09. The number of ether oxygens (including phenoxy) is 1. The van der Waals surface area contributed by atoms with Crippen molar-refractivity contribution < 1.29 is 4.74 Å². The summed E-state index contributed by atoms with van der Waals surface area (Å²) in [5, 5.41) is 7.37. The lowest BCUT2D eigenvalue weighted by atomic mass is 10.1. The maximum atomic E-state index is 6.20. The molecule has 1 aromatic carbocycles. The Morgan fingerprint density at radius 1 is 1.32 bits per heavy atom. The van der Waals surface area contributed by atoms with Crippen molar-refractivity contribution >= 4 is 41.5 Å². The van der Waals surface area contributed by atoms with Gasteiger partial charge in [0, 0.05) is 25.2 Å². The first kappa shape index (κ1) is 22.5. The maximum Gasteiger partial charge on any atom is 0.191 e. The van der Waals surface area contributed by atoms with Gasteiger partial charge in [0.25, 0.3) is 0 Å². The molecule has 1 aromatic rings. The Labute approximate surface area is 173 Å². The molecule has 0 aromatic heterocycles. The van der Waals surface area contributed by atoms with Crippen LogP contribution in [-0.2, 0) is 4.74 Å². The fraction of sp³-hybridized carbons (Fsp3) is 0.611. The average Bonchev–Trinajstić information content (AvgIpc) is 3.09. The molecule has 2 rings (SSSR count). The van der Waals surface area contributed by atoms with Crippen molar-refractivity contribution in [1.82, 2.24) is 15.5 Å². The molecular formula is C18H30ClIN4O. The second kappa shape index (κ2) is 12.7. The summed E-state index contributed by atoms with van der Waals surface area (Å²) in [5.74, 6) is 0.834. The van der Waals surface area contributed by atoms with Gasteiger partial charge in [0.1, 0.15) is 0 Å². The number of likely N-dealkylation sites (tertiary alicyclic amines) is 1. The largest absolute Gasteiger partial charge is 0.383 e. The van der Waals surface area contributed by atoms with Gasteiger partial charge < -0.3 is 15.4 Å². The molecule has 1 heterocycles. The van der Waals surface area contributed by atoms with E-state index in [2.05, 4.69) is 34.6 Å². The Hall–Kier alpha value is -0.570. The lowest BCUT2D eigenvalue weighted by molar-refractivity contribution is 0.203. The van der Waals surface area contributed by atoms with Crippen molar-refractivity contribution in [2.24, 2.45) is 4.99 Å². The zero-order chi connectivity index (χ0) is 17.2. The molecule has 0 radical (unpaired) electrons. The number of nitrogens with zero attached hydrogens (tertiary/aromatic N) is 2. The lowest BCUT2D eigenvalue weighted by Gasteiger charge is -2.27. The van der Waals surface area contributed by atoms with Gasteiger partial charge in [-0.3, -0.25) is 9.89 Å². The normalized spacial score (nSPS) is 16.4. The quantitative estimate of drug-likeness (QED) is 0.259. The highest BCUT2D eigenvalue weighted by Crippen LogP contribution is 2.27. The maximum absolute atomic E-state index is 6.20. The van der Waals surface area contributed by atoms with Gasteiger partial charge in [0.2, 0.25) is 0 Å². The van der Waals surface area contributed by atoms with Gasteiger partial charge in [-0.2, -0.15) is 0 Å². The van der Waals surface area contributed by atoms with Gasteiger partial charge >= 0.3 is 0 Å². The number of methoxy groups -OCH3 is 1. The molecule has 1 saturated heterocycles. The van der Waals surface area contributed by atoms with E-state index < -0.39 is 0 Å². The van der Waals surface area contributed by atoms with E-state index in [9.17, 15) is 0 Å². The van der Waals surface area contributed by atoms with Crippen LogP contribution in [0.3, 0.4) is 0 Å². The van der Waals surface area contributed by atoms with Crippen LogP contribution >= 0.6 is 35.6 Å². The molecule has 7 heteroatoms. The number of aliphatic imine (C=N–C) groups is 1. The number of hydrogen-bond donors (Lipinski definition) is 2. The Bertz CT molecular complexity index is 524. The second-order valence-electron chi connectivity index (χ2n) is 5.95. The number of hydrogen-bond acceptors (Lipinski definition) is 3. The molecule has 1 fully saturated rings. The predicted molar refractivity (Wildman–Crippen MR) is 116 cm³/mol. The average molecular weight is 481 g/mol. The van der Waals surface area contributed by atoms with Crippen LogP contribution in [0.4, 0.5) is 0 Å². The van der Waals surface area contributed by atoms with E-state index in [1.165, 1.54) is 18.4 Å². The monoisotopic (exact) mass is 480 g/mol. The molecule has 25 heavy (non-hydrogen) atoms. The van der Waals surface area contributed by atoms with Crippen LogP contribution in [0.5, 0.6) is 0 Å². The summed E-state index contributed by atoms with van der Waals surface area (Å²) in [4.78, 5) is 7.30. The summed E-state index contributed by atoms with van der Waals surface area (Å²) in [7, 11) is 1.70. The number of rotatable bonds is 8. The van der Waals surface area contributed by atoms with Crippen LogP contribution in [0.2, 0.25) is 5.02 Å². The summed E-state index contributed by atoms with van der Waals surface area (Å²) >= 11 is 6.20. The van der Waals surface area contributed by atoms with Crippen molar-refractivity contribution in [2.75, 3.05) is 46.4 Å². The van der Waals surface area contributed by atoms with Gasteiger partial charge in [0.15, 0.2) is 5.96 Å². The Balaban J connectivity index is 0.00000312. The van der Waals surface area contributed by atoms with Crippen LogP contribution in [0.15, 0.2) is 29.3 Å². The third-order valence-corrected chi connectivity index (χ3v) is 4.42. The third kappa shape index (κ3) is 7.68. The summed E-state index contributed by atoms with van der Waals surface area (Å²) in [6.45, 7) is 7.28. The standard InChI is InChI=1S/C18H29ClN4O.HI/c1-3-20-18(21-9-12-24-2)22-14-17(23-10-4-5-11-23)15-7-6-8-16(19)13-15;/h6-8,13,17H,3-5,9-12,14H2,1-2H3,(H2,20,21,22);1H. The molecule has 1 unspecified atom stereocenters. The van der Waals surface area contributed by atoms with Crippen LogP contribution in [0.1, 0.15) is 31.4 Å². The number of halogens is 2. The number of guanidine groups is 1.